The third kappa shape index (κ3) is 6.50. The second kappa shape index (κ2) is 9.35. The van der Waals surface area contributed by atoms with Crippen molar-refractivity contribution in [3.05, 3.63) is 41.2 Å². The Labute approximate surface area is 150 Å². The number of rotatable bonds is 10. The average molecular weight is 369 g/mol. The monoisotopic (exact) mass is 369 g/mol. The predicted octanol–water partition coefficient (Wildman–Crippen LogP) is 4.35. The fourth-order valence-electron chi connectivity index (χ4n) is 2.60. The van der Waals surface area contributed by atoms with E-state index in [2.05, 4.69) is 22.0 Å². The van der Waals surface area contributed by atoms with Crippen LogP contribution in [0.25, 0.3) is 0 Å². The molecule has 0 unspecified atom stereocenters. The number of carbonyl (C=O) groups is 1. The lowest BCUT2D eigenvalue weighted by Gasteiger charge is -2.11. The van der Waals surface area contributed by atoms with Gasteiger partial charge in [0.2, 0.25) is 0 Å². The zero-order chi connectivity index (χ0) is 19.0. The number of unbranched alkanes of at least 4 members (excludes halogenated alkanes) is 3. The number of aromatic nitrogens is 3. The molecule has 1 aromatic carbocycles. The number of hydrogen-bond donors (Lipinski definition) is 0. The van der Waals surface area contributed by atoms with Gasteiger partial charge in [0.05, 0.1) is 11.3 Å². The molecular formula is C18H22F3N3O2. The van der Waals surface area contributed by atoms with Gasteiger partial charge in [-0.1, -0.05) is 37.5 Å². The molecule has 142 valence electrons. The van der Waals surface area contributed by atoms with Gasteiger partial charge in [0, 0.05) is 12.7 Å². The molecule has 0 amide bonds. The van der Waals surface area contributed by atoms with Crippen molar-refractivity contribution in [2.45, 2.75) is 58.4 Å². The van der Waals surface area contributed by atoms with E-state index in [-0.39, 0.29) is 5.56 Å². The summed E-state index contributed by atoms with van der Waals surface area (Å²) in [6.07, 6.45) is 3.46. The summed E-state index contributed by atoms with van der Waals surface area (Å²) < 4.78 is 42.5. The fraction of sp³-hybridized carbons (Fsp3) is 0.500. The standard InChI is InChI=1S/C18H22F3N3O2/c1-2-3-4-5-6-16-12-24(23-22-16)10-9-14-7-8-17(15(11-14)13-25)26-18(19,20)21/h7-8,11-13H,2-6,9-10H2,1H3. The fourth-order valence-corrected chi connectivity index (χ4v) is 2.60. The van der Waals surface area contributed by atoms with Crippen LogP contribution < -0.4 is 4.74 Å². The molecule has 0 bridgehead atoms. The van der Waals surface area contributed by atoms with Crippen LogP contribution >= 0.6 is 0 Å². The van der Waals surface area contributed by atoms with Crippen molar-refractivity contribution in [1.29, 1.82) is 0 Å². The van der Waals surface area contributed by atoms with Crippen molar-refractivity contribution in [1.82, 2.24) is 15.0 Å². The molecule has 0 aliphatic heterocycles. The molecule has 0 atom stereocenters. The minimum atomic E-state index is -4.83. The lowest BCUT2D eigenvalue weighted by molar-refractivity contribution is -0.274. The summed E-state index contributed by atoms with van der Waals surface area (Å²) in [6, 6.07) is 4.07. The topological polar surface area (TPSA) is 57.0 Å². The van der Waals surface area contributed by atoms with E-state index in [1.165, 1.54) is 31.4 Å². The molecule has 5 nitrogen and oxygen atoms in total. The molecule has 0 aliphatic carbocycles. The summed E-state index contributed by atoms with van der Waals surface area (Å²) in [4.78, 5) is 11.0. The number of hydrogen-bond acceptors (Lipinski definition) is 4. The molecule has 8 heteroatoms. The molecule has 1 heterocycles. The van der Waals surface area contributed by atoms with E-state index in [0.717, 1.165) is 30.2 Å². The van der Waals surface area contributed by atoms with Crippen LogP contribution in [0.2, 0.25) is 0 Å². The van der Waals surface area contributed by atoms with Crippen LogP contribution in [0.5, 0.6) is 5.75 Å². The molecule has 0 saturated carbocycles. The molecule has 1 aromatic heterocycles. The summed E-state index contributed by atoms with van der Waals surface area (Å²) in [5.41, 5.74) is 1.53. The minimum Gasteiger partial charge on any atom is -0.405 e. The van der Waals surface area contributed by atoms with Crippen LogP contribution in [0.15, 0.2) is 24.4 Å². The highest BCUT2D eigenvalue weighted by molar-refractivity contribution is 5.79. The maximum atomic E-state index is 12.3. The van der Waals surface area contributed by atoms with Crippen LogP contribution in [0, 0.1) is 0 Å². The zero-order valence-corrected chi connectivity index (χ0v) is 14.6. The van der Waals surface area contributed by atoms with E-state index in [0.29, 0.717) is 19.3 Å². The number of halogens is 3. The molecule has 0 fully saturated rings. The second-order valence-electron chi connectivity index (χ2n) is 6.07. The van der Waals surface area contributed by atoms with Gasteiger partial charge in [-0.15, -0.1) is 18.3 Å². The lowest BCUT2D eigenvalue weighted by atomic mass is 10.1. The van der Waals surface area contributed by atoms with Crippen molar-refractivity contribution in [2.75, 3.05) is 0 Å². The Morgan fingerprint density at radius 2 is 2.00 bits per heavy atom. The molecule has 26 heavy (non-hydrogen) atoms. The predicted molar refractivity (Wildman–Crippen MR) is 90.1 cm³/mol. The molecule has 2 aromatic rings. The van der Waals surface area contributed by atoms with Crippen LogP contribution in [0.4, 0.5) is 13.2 Å². The first-order chi connectivity index (χ1) is 12.4. The molecule has 0 spiro atoms. The van der Waals surface area contributed by atoms with Gasteiger partial charge in [-0.3, -0.25) is 9.48 Å². The minimum absolute atomic E-state index is 0.130. The Balaban J connectivity index is 1.91. The van der Waals surface area contributed by atoms with Gasteiger partial charge in [0.1, 0.15) is 5.75 Å². The van der Waals surface area contributed by atoms with E-state index in [9.17, 15) is 18.0 Å². The van der Waals surface area contributed by atoms with E-state index >= 15 is 0 Å². The normalized spacial score (nSPS) is 11.5. The number of alkyl halides is 3. The SMILES string of the molecule is CCCCCCc1cn(CCc2ccc(OC(F)(F)F)c(C=O)c2)nn1. The summed E-state index contributed by atoms with van der Waals surface area (Å²) in [5.74, 6) is -0.494. The third-order valence-corrected chi connectivity index (χ3v) is 3.93. The number of nitrogens with zero attached hydrogens (tertiary/aromatic N) is 3. The Kier molecular flexibility index (Phi) is 7.17. The Bertz CT molecular complexity index is 714. The van der Waals surface area contributed by atoms with Crippen molar-refractivity contribution in [2.24, 2.45) is 0 Å². The number of aryl methyl sites for hydroxylation is 3. The van der Waals surface area contributed by atoms with Gasteiger partial charge in [-0.25, -0.2) is 0 Å². The van der Waals surface area contributed by atoms with Crippen LogP contribution in [-0.4, -0.2) is 27.6 Å². The number of aldehydes is 1. The zero-order valence-electron chi connectivity index (χ0n) is 14.6. The molecule has 0 N–H and O–H groups in total. The smallest absolute Gasteiger partial charge is 0.405 e. The van der Waals surface area contributed by atoms with Crippen LogP contribution in [-0.2, 0) is 19.4 Å². The Hall–Kier alpha value is -2.38. The maximum absolute atomic E-state index is 12.3. The summed E-state index contributed by atoms with van der Waals surface area (Å²) in [6.45, 7) is 2.69. The number of benzene rings is 1. The largest absolute Gasteiger partial charge is 0.573 e. The van der Waals surface area contributed by atoms with Crippen LogP contribution in [0.3, 0.4) is 0 Å². The molecule has 0 saturated heterocycles. The molecule has 2 rings (SSSR count). The summed E-state index contributed by atoms with van der Waals surface area (Å²) >= 11 is 0. The van der Waals surface area contributed by atoms with Gasteiger partial charge in [0.25, 0.3) is 0 Å². The van der Waals surface area contributed by atoms with Gasteiger partial charge in [-0.05, 0) is 37.0 Å². The van der Waals surface area contributed by atoms with Gasteiger partial charge in [-0.2, -0.15) is 0 Å². The van der Waals surface area contributed by atoms with Gasteiger partial charge in [0.15, 0.2) is 6.29 Å². The number of carbonyl (C=O) groups excluding carboxylic acids is 1. The highest BCUT2D eigenvalue weighted by atomic mass is 19.4. The average Bonchev–Trinajstić information content (AvgIpc) is 3.04. The van der Waals surface area contributed by atoms with E-state index in [4.69, 9.17) is 0 Å². The first-order valence-corrected chi connectivity index (χ1v) is 8.64. The van der Waals surface area contributed by atoms with E-state index in [1.807, 2.05) is 6.20 Å². The highest BCUT2D eigenvalue weighted by Crippen LogP contribution is 2.26. The van der Waals surface area contributed by atoms with Gasteiger partial charge >= 0.3 is 6.36 Å². The maximum Gasteiger partial charge on any atom is 0.573 e. The molecular weight excluding hydrogens is 347 g/mol. The van der Waals surface area contributed by atoms with E-state index < -0.39 is 12.1 Å². The molecule has 0 aliphatic rings. The number of ether oxygens (including phenoxy) is 1. The summed E-state index contributed by atoms with van der Waals surface area (Å²) in [5, 5.41) is 8.19. The first-order valence-electron chi connectivity index (χ1n) is 8.64. The quantitative estimate of drug-likeness (QED) is 0.461. The van der Waals surface area contributed by atoms with Gasteiger partial charge < -0.3 is 4.74 Å². The lowest BCUT2D eigenvalue weighted by Crippen LogP contribution is -2.18. The highest BCUT2D eigenvalue weighted by Gasteiger charge is 2.32. The second-order valence-corrected chi connectivity index (χ2v) is 6.07. The van der Waals surface area contributed by atoms with Crippen molar-refractivity contribution in [3.8, 4) is 5.75 Å². The van der Waals surface area contributed by atoms with Crippen LogP contribution in [0.1, 0.15) is 54.2 Å². The molecule has 0 radical (unpaired) electrons. The Morgan fingerprint density at radius 1 is 1.19 bits per heavy atom. The van der Waals surface area contributed by atoms with Crippen molar-refractivity contribution in [3.63, 3.8) is 0 Å². The summed E-state index contributed by atoms with van der Waals surface area (Å²) in [7, 11) is 0. The van der Waals surface area contributed by atoms with E-state index in [1.54, 1.807) is 4.68 Å². The van der Waals surface area contributed by atoms with Crippen molar-refractivity contribution >= 4 is 6.29 Å². The Morgan fingerprint density at radius 3 is 2.69 bits per heavy atom. The third-order valence-electron chi connectivity index (χ3n) is 3.93. The first kappa shape index (κ1) is 19.9. The van der Waals surface area contributed by atoms with Crippen molar-refractivity contribution < 1.29 is 22.7 Å².